The first-order chi connectivity index (χ1) is 19.4. The van der Waals surface area contributed by atoms with E-state index in [-0.39, 0.29) is 17.4 Å². The van der Waals surface area contributed by atoms with Gasteiger partial charge in [-0.15, -0.1) is 0 Å². The number of aromatic nitrogens is 3. The minimum Gasteiger partial charge on any atom is -0.444 e. The number of benzene rings is 2. The summed E-state index contributed by atoms with van der Waals surface area (Å²) in [4.78, 5) is 38.4. The van der Waals surface area contributed by atoms with Crippen LogP contribution >= 0.6 is 0 Å². The fraction of sp³-hybridized carbons (Fsp3) is 0.310. The Kier molecular flexibility index (Phi) is 7.60. The number of ether oxygens (including phenoxy) is 1. The van der Waals surface area contributed by atoms with Crippen molar-refractivity contribution >= 4 is 33.7 Å². The maximum Gasteiger partial charge on any atom is 0.410 e. The summed E-state index contributed by atoms with van der Waals surface area (Å²) in [6, 6.07) is 8.40. The van der Waals surface area contributed by atoms with E-state index in [1.807, 2.05) is 0 Å². The van der Waals surface area contributed by atoms with Crippen molar-refractivity contribution < 1.29 is 27.3 Å². The second-order valence-corrected chi connectivity index (χ2v) is 12.1. The highest BCUT2D eigenvalue weighted by Gasteiger charge is 2.28. The van der Waals surface area contributed by atoms with Crippen molar-refractivity contribution in [2.24, 2.45) is 0 Å². The van der Waals surface area contributed by atoms with Gasteiger partial charge in [-0.05, 0) is 45.0 Å². The molecule has 0 saturated carbocycles. The van der Waals surface area contributed by atoms with Crippen molar-refractivity contribution in [3.8, 4) is 17.1 Å². The van der Waals surface area contributed by atoms with Gasteiger partial charge in [0, 0.05) is 79.2 Å². The molecule has 0 spiro atoms. The summed E-state index contributed by atoms with van der Waals surface area (Å²) in [5.41, 5.74) is 0.917. The van der Waals surface area contributed by atoms with Gasteiger partial charge in [-0.25, -0.2) is 23.5 Å². The molecule has 2 aromatic carbocycles. The standard InChI is InChI=1S/C29H29F2N5O4S/c1-29(2,3)40-28(38)35-11-9-34(10-12-35)26(37)18-5-7-22-24(13-18)36(17-25(22)41(4)39)27-32-15-19(16-33-27)21-8-6-20(30)14-23(21)31/h5-8,13-17H,9-12H2,1-4H3. The highest BCUT2D eigenvalue weighted by atomic mass is 32.2. The predicted molar refractivity (Wildman–Crippen MR) is 150 cm³/mol. The van der Waals surface area contributed by atoms with Gasteiger partial charge >= 0.3 is 6.09 Å². The van der Waals surface area contributed by atoms with Crippen LogP contribution in [0.25, 0.3) is 28.0 Å². The Bertz CT molecular complexity index is 1660. The van der Waals surface area contributed by atoms with E-state index >= 15 is 0 Å². The van der Waals surface area contributed by atoms with Crippen LogP contribution in [0.15, 0.2) is 59.9 Å². The average Bonchev–Trinajstić information content (AvgIpc) is 3.31. The molecular weight excluding hydrogens is 552 g/mol. The van der Waals surface area contributed by atoms with Crippen LogP contribution in [-0.2, 0) is 15.5 Å². The number of carbonyl (C=O) groups is 2. The summed E-state index contributed by atoms with van der Waals surface area (Å²) in [5, 5.41) is 0.675. The van der Waals surface area contributed by atoms with Gasteiger partial charge in [0.1, 0.15) is 17.2 Å². The van der Waals surface area contributed by atoms with Crippen LogP contribution in [0.3, 0.4) is 0 Å². The summed E-state index contributed by atoms with van der Waals surface area (Å²) >= 11 is 0. The number of halogens is 2. The first-order valence-electron chi connectivity index (χ1n) is 12.9. The molecule has 1 atom stereocenters. The normalized spacial score (nSPS) is 14.8. The minimum absolute atomic E-state index is 0.158. The lowest BCUT2D eigenvalue weighted by Gasteiger charge is -2.35. The van der Waals surface area contributed by atoms with Crippen molar-refractivity contribution in [1.29, 1.82) is 0 Å². The molecule has 2 amide bonds. The number of rotatable bonds is 4. The molecule has 1 aliphatic heterocycles. The molecule has 9 nitrogen and oxygen atoms in total. The van der Waals surface area contributed by atoms with Gasteiger partial charge in [0.05, 0.1) is 21.2 Å². The topological polar surface area (TPSA) is 97.6 Å². The molecule has 5 rings (SSSR count). The van der Waals surface area contributed by atoms with Gasteiger partial charge < -0.3 is 14.5 Å². The third kappa shape index (κ3) is 5.97. The second-order valence-electron chi connectivity index (χ2n) is 10.7. The van der Waals surface area contributed by atoms with Crippen molar-refractivity contribution in [2.75, 3.05) is 32.4 Å². The molecule has 0 bridgehead atoms. The Morgan fingerprint density at radius 1 is 0.951 bits per heavy atom. The van der Waals surface area contributed by atoms with E-state index < -0.39 is 34.1 Å². The van der Waals surface area contributed by atoms with Crippen LogP contribution in [0.2, 0.25) is 0 Å². The van der Waals surface area contributed by atoms with E-state index in [1.165, 1.54) is 18.5 Å². The number of fused-ring (bicyclic) bond motifs is 1. The zero-order chi connectivity index (χ0) is 29.5. The number of nitrogens with zero attached hydrogens (tertiary/aromatic N) is 5. The van der Waals surface area contributed by atoms with Gasteiger partial charge in [-0.1, -0.05) is 6.07 Å². The van der Waals surface area contributed by atoms with Crippen molar-refractivity contribution in [3.05, 3.63) is 72.2 Å². The van der Waals surface area contributed by atoms with Gasteiger partial charge in [-0.2, -0.15) is 0 Å². The summed E-state index contributed by atoms with van der Waals surface area (Å²) in [6.07, 6.45) is 5.65. The molecule has 0 N–H and O–H groups in total. The van der Waals surface area contributed by atoms with Crippen LogP contribution in [-0.4, -0.2) is 78.6 Å². The van der Waals surface area contributed by atoms with E-state index in [0.717, 1.165) is 12.1 Å². The Morgan fingerprint density at radius 2 is 1.61 bits per heavy atom. The smallest absolute Gasteiger partial charge is 0.410 e. The Balaban J connectivity index is 1.41. The fourth-order valence-electron chi connectivity index (χ4n) is 4.63. The summed E-state index contributed by atoms with van der Waals surface area (Å²) < 4.78 is 47.2. The second kappa shape index (κ2) is 11.0. The molecule has 12 heteroatoms. The molecule has 0 radical (unpaired) electrons. The van der Waals surface area contributed by atoms with Crippen LogP contribution in [0.1, 0.15) is 31.1 Å². The van der Waals surface area contributed by atoms with Crippen molar-refractivity contribution in [2.45, 2.75) is 31.3 Å². The molecule has 1 fully saturated rings. The monoisotopic (exact) mass is 581 g/mol. The predicted octanol–water partition coefficient (Wildman–Crippen LogP) is 4.80. The van der Waals surface area contributed by atoms with Gasteiger partial charge in [-0.3, -0.25) is 13.6 Å². The highest BCUT2D eigenvalue weighted by Crippen LogP contribution is 2.29. The number of carbonyl (C=O) groups excluding carboxylic acids is 2. The number of piperazine rings is 1. The van der Waals surface area contributed by atoms with Crippen LogP contribution in [0.5, 0.6) is 0 Å². The van der Waals surface area contributed by atoms with Crippen LogP contribution < -0.4 is 0 Å². The summed E-state index contributed by atoms with van der Waals surface area (Å²) in [5.74, 6) is -1.39. The van der Waals surface area contributed by atoms with E-state index in [0.29, 0.717) is 53.1 Å². The highest BCUT2D eigenvalue weighted by molar-refractivity contribution is 7.84. The first-order valence-corrected chi connectivity index (χ1v) is 14.5. The quantitative estimate of drug-likeness (QED) is 0.344. The Labute approximate surface area is 238 Å². The maximum atomic E-state index is 14.3. The third-order valence-corrected chi connectivity index (χ3v) is 7.58. The molecule has 4 aromatic rings. The van der Waals surface area contributed by atoms with Crippen molar-refractivity contribution in [3.63, 3.8) is 0 Å². The van der Waals surface area contributed by atoms with Crippen molar-refractivity contribution in [1.82, 2.24) is 24.3 Å². The SMILES string of the molecule is CS(=O)c1cn(-c2ncc(-c3ccc(F)cc3F)cn2)c2cc(C(=O)N3CCN(C(=O)OC(C)(C)C)CC3)ccc12. The Morgan fingerprint density at radius 3 is 2.22 bits per heavy atom. The zero-order valence-corrected chi connectivity index (χ0v) is 23.9. The van der Waals surface area contributed by atoms with E-state index in [9.17, 15) is 22.6 Å². The minimum atomic E-state index is -1.34. The first kappa shape index (κ1) is 28.3. The maximum absolute atomic E-state index is 14.3. The van der Waals surface area contributed by atoms with E-state index in [1.54, 1.807) is 65.8 Å². The molecular formula is C29H29F2N5O4S. The average molecular weight is 582 g/mol. The number of hydrogen-bond acceptors (Lipinski definition) is 6. The summed E-state index contributed by atoms with van der Waals surface area (Å²) in [6.45, 7) is 6.83. The molecule has 3 heterocycles. The number of amides is 2. The molecule has 1 aliphatic rings. The largest absolute Gasteiger partial charge is 0.444 e. The Hall–Kier alpha value is -4.19. The van der Waals surface area contributed by atoms with Crippen LogP contribution in [0.4, 0.5) is 13.6 Å². The van der Waals surface area contributed by atoms with Gasteiger partial charge in [0.2, 0.25) is 5.95 Å². The molecule has 1 saturated heterocycles. The van der Waals surface area contributed by atoms with Gasteiger partial charge in [0.25, 0.3) is 5.91 Å². The van der Waals surface area contributed by atoms with E-state index in [4.69, 9.17) is 4.74 Å². The molecule has 2 aromatic heterocycles. The molecule has 214 valence electrons. The lowest BCUT2D eigenvalue weighted by molar-refractivity contribution is 0.0141. The lowest BCUT2D eigenvalue weighted by atomic mass is 10.1. The number of hydrogen-bond donors (Lipinski definition) is 0. The molecule has 0 aliphatic carbocycles. The fourth-order valence-corrected chi connectivity index (χ4v) is 5.37. The van der Waals surface area contributed by atoms with E-state index in [2.05, 4.69) is 9.97 Å². The van der Waals surface area contributed by atoms with Gasteiger partial charge in [0.15, 0.2) is 0 Å². The molecule has 1 unspecified atom stereocenters. The lowest BCUT2D eigenvalue weighted by Crippen LogP contribution is -2.51. The van der Waals surface area contributed by atoms with Crippen LogP contribution in [0, 0.1) is 11.6 Å². The summed E-state index contributed by atoms with van der Waals surface area (Å²) in [7, 11) is -1.34. The zero-order valence-electron chi connectivity index (χ0n) is 23.1. The molecule has 41 heavy (non-hydrogen) atoms. The third-order valence-electron chi connectivity index (χ3n) is 6.64.